The largest absolute Gasteiger partial charge is 0.388 e. The Morgan fingerprint density at radius 2 is 1.85 bits per heavy atom. The third kappa shape index (κ3) is 6.48. The maximum atomic E-state index is 11.3. The van der Waals surface area contributed by atoms with Crippen LogP contribution in [0.2, 0.25) is 0 Å². The Balaban J connectivity index is 2.70. The number of carbonyl (C=O) groups is 1. The summed E-state index contributed by atoms with van der Waals surface area (Å²) in [7, 11) is 0. The molecule has 1 unspecified atom stereocenters. The number of aliphatic hydroxyl groups excluding tert-OH is 1. The summed E-state index contributed by atoms with van der Waals surface area (Å²) in [6.45, 7) is 5.68. The molecule has 0 aliphatic heterocycles. The van der Waals surface area contributed by atoms with Gasteiger partial charge in [0.25, 0.3) is 0 Å². The normalized spacial score (nSPS) is 12.9. The molecular formula is C18H24O2. The monoisotopic (exact) mass is 272 g/mol. The molecule has 1 aromatic carbocycles. The van der Waals surface area contributed by atoms with Gasteiger partial charge in [0.05, 0.1) is 6.10 Å². The van der Waals surface area contributed by atoms with Crippen LogP contribution < -0.4 is 0 Å². The highest BCUT2D eigenvalue weighted by Gasteiger charge is 2.10. The summed E-state index contributed by atoms with van der Waals surface area (Å²) in [6.07, 6.45) is 5.50. The van der Waals surface area contributed by atoms with Crippen molar-refractivity contribution < 1.29 is 9.90 Å². The van der Waals surface area contributed by atoms with Crippen molar-refractivity contribution in [3.8, 4) is 0 Å². The summed E-state index contributed by atoms with van der Waals surface area (Å²) in [5, 5.41) is 10.2. The second-order valence-electron chi connectivity index (χ2n) is 5.36. The molecule has 0 amide bonds. The first-order chi connectivity index (χ1) is 9.49. The van der Waals surface area contributed by atoms with E-state index in [0.29, 0.717) is 6.42 Å². The minimum absolute atomic E-state index is 0.0393. The highest BCUT2D eigenvalue weighted by molar-refractivity contribution is 5.87. The fraction of sp³-hybridized carbons (Fsp3) is 0.389. The zero-order chi connectivity index (χ0) is 15.0. The van der Waals surface area contributed by atoms with Crippen molar-refractivity contribution in [2.24, 2.45) is 0 Å². The van der Waals surface area contributed by atoms with Crippen molar-refractivity contribution in [2.45, 2.75) is 46.1 Å². The van der Waals surface area contributed by atoms with Crippen LogP contribution in [0.15, 0.2) is 53.6 Å². The van der Waals surface area contributed by atoms with Gasteiger partial charge >= 0.3 is 0 Å². The highest BCUT2D eigenvalue weighted by atomic mass is 16.3. The van der Waals surface area contributed by atoms with Crippen LogP contribution in [0.25, 0.3) is 0 Å². The van der Waals surface area contributed by atoms with Gasteiger partial charge in [0, 0.05) is 0 Å². The van der Waals surface area contributed by atoms with Crippen molar-refractivity contribution in [3.63, 3.8) is 0 Å². The Labute approximate surface area is 121 Å². The highest BCUT2D eigenvalue weighted by Crippen LogP contribution is 2.23. The predicted molar refractivity (Wildman–Crippen MR) is 83.4 cm³/mol. The molecule has 0 saturated carbocycles. The Hall–Kier alpha value is -1.67. The van der Waals surface area contributed by atoms with Crippen molar-refractivity contribution in [1.29, 1.82) is 0 Å². The van der Waals surface area contributed by atoms with E-state index in [4.69, 9.17) is 0 Å². The second-order valence-corrected chi connectivity index (χ2v) is 5.36. The van der Waals surface area contributed by atoms with Crippen LogP contribution in [0.1, 0.15) is 51.7 Å². The zero-order valence-corrected chi connectivity index (χ0v) is 12.6. The molecular weight excluding hydrogens is 248 g/mol. The van der Waals surface area contributed by atoms with Crippen LogP contribution in [-0.4, -0.2) is 10.9 Å². The average Bonchev–Trinajstić information content (AvgIpc) is 2.38. The molecule has 0 heterocycles. The molecule has 0 saturated heterocycles. The van der Waals surface area contributed by atoms with E-state index in [1.54, 1.807) is 13.0 Å². The summed E-state index contributed by atoms with van der Waals surface area (Å²) in [5.41, 5.74) is 3.17. The molecule has 1 rings (SSSR count). The molecule has 2 nitrogen and oxygen atoms in total. The number of carbonyl (C=O) groups excluding carboxylic acids is 1. The lowest BCUT2D eigenvalue weighted by atomic mass is 9.97. The van der Waals surface area contributed by atoms with E-state index in [-0.39, 0.29) is 5.78 Å². The molecule has 0 aliphatic carbocycles. The fourth-order valence-corrected chi connectivity index (χ4v) is 2.11. The third-order valence-electron chi connectivity index (χ3n) is 3.07. The predicted octanol–water partition coefficient (Wildman–Crippen LogP) is 4.37. The summed E-state index contributed by atoms with van der Waals surface area (Å²) >= 11 is 0. The molecule has 1 atom stereocenters. The van der Waals surface area contributed by atoms with E-state index in [1.165, 1.54) is 5.57 Å². The minimum atomic E-state index is -0.548. The molecule has 1 N–H and O–H groups in total. The maximum Gasteiger partial charge on any atom is 0.152 e. The maximum absolute atomic E-state index is 11.3. The van der Waals surface area contributed by atoms with E-state index in [1.807, 2.05) is 30.3 Å². The standard InChI is InChI=1S/C18H24O2/c1-14(2)8-7-9-16(12-15(3)19)13-18(20)17-10-5-4-6-11-17/h4-6,8,10-12,18,20H,7,9,13H2,1-3H3/b16-12-. The summed E-state index contributed by atoms with van der Waals surface area (Å²) in [4.78, 5) is 11.3. The number of allylic oxidation sites excluding steroid dienone is 3. The first kappa shape index (κ1) is 16.4. The van der Waals surface area contributed by atoms with Crippen LogP contribution >= 0.6 is 0 Å². The molecule has 0 spiro atoms. The topological polar surface area (TPSA) is 37.3 Å². The Bertz CT molecular complexity index is 479. The molecule has 0 fully saturated rings. The molecule has 20 heavy (non-hydrogen) atoms. The van der Waals surface area contributed by atoms with Gasteiger partial charge in [-0.1, -0.05) is 47.6 Å². The Kier molecular flexibility index (Phi) is 6.96. The van der Waals surface area contributed by atoms with Gasteiger partial charge in [-0.3, -0.25) is 4.79 Å². The lowest BCUT2D eigenvalue weighted by molar-refractivity contribution is -0.112. The van der Waals surface area contributed by atoms with E-state index >= 15 is 0 Å². The molecule has 1 aromatic rings. The van der Waals surface area contributed by atoms with Crippen molar-refractivity contribution in [3.05, 3.63) is 59.2 Å². The van der Waals surface area contributed by atoms with Crippen LogP contribution in [0.5, 0.6) is 0 Å². The number of hydrogen-bond acceptors (Lipinski definition) is 2. The third-order valence-corrected chi connectivity index (χ3v) is 3.07. The first-order valence-corrected chi connectivity index (χ1v) is 7.05. The van der Waals surface area contributed by atoms with Gasteiger partial charge in [0.1, 0.15) is 0 Å². The van der Waals surface area contributed by atoms with E-state index in [9.17, 15) is 9.90 Å². The summed E-state index contributed by atoms with van der Waals surface area (Å²) in [6, 6.07) is 9.57. The molecule has 0 radical (unpaired) electrons. The van der Waals surface area contributed by atoms with Crippen molar-refractivity contribution >= 4 is 5.78 Å². The van der Waals surface area contributed by atoms with Crippen molar-refractivity contribution in [1.82, 2.24) is 0 Å². The van der Waals surface area contributed by atoms with E-state index in [0.717, 1.165) is 24.0 Å². The second kappa shape index (κ2) is 8.49. The minimum Gasteiger partial charge on any atom is -0.388 e. The quantitative estimate of drug-likeness (QED) is 0.591. The van der Waals surface area contributed by atoms with Gasteiger partial charge in [-0.2, -0.15) is 0 Å². The number of ketones is 1. The fourth-order valence-electron chi connectivity index (χ4n) is 2.11. The average molecular weight is 272 g/mol. The zero-order valence-electron chi connectivity index (χ0n) is 12.6. The first-order valence-electron chi connectivity index (χ1n) is 7.05. The lowest BCUT2D eigenvalue weighted by Crippen LogP contribution is -2.01. The molecule has 0 aromatic heterocycles. The van der Waals surface area contributed by atoms with Gasteiger partial charge in [-0.05, 0) is 51.7 Å². The number of benzene rings is 1. The van der Waals surface area contributed by atoms with Gasteiger partial charge in [-0.25, -0.2) is 0 Å². The smallest absolute Gasteiger partial charge is 0.152 e. The Morgan fingerprint density at radius 1 is 1.20 bits per heavy atom. The lowest BCUT2D eigenvalue weighted by Gasteiger charge is -2.13. The van der Waals surface area contributed by atoms with Crippen LogP contribution in [0.3, 0.4) is 0 Å². The SMILES string of the molecule is CC(=O)/C=C(/CCC=C(C)C)CC(O)c1ccccc1. The number of rotatable bonds is 7. The van der Waals surface area contributed by atoms with E-state index < -0.39 is 6.10 Å². The van der Waals surface area contributed by atoms with Gasteiger partial charge < -0.3 is 5.11 Å². The Morgan fingerprint density at radius 3 is 2.40 bits per heavy atom. The van der Waals surface area contributed by atoms with Crippen molar-refractivity contribution in [2.75, 3.05) is 0 Å². The number of hydrogen-bond donors (Lipinski definition) is 1. The van der Waals surface area contributed by atoms with Crippen LogP contribution in [0, 0.1) is 0 Å². The van der Waals surface area contributed by atoms with Gasteiger partial charge in [0.15, 0.2) is 5.78 Å². The summed E-state index contributed by atoms with van der Waals surface area (Å²) < 4.78 is 0. The molecule has 0 bridgehead atoms. The van der Waals surface area contributed by atoms with Crippen LogP contribution in [0.4, 0.5) is 0 Å². The number of aliphatic hydroxyl groups is 1. The van der Waals surface area contributed by atoms with E-state index in [2.05, 4.69) is 19.9 Å². The molecule has 2 heteroatoms. The summed E-state index contributed by atoms with van der Waals surface area (Å²) in [5.74, 6) is 0.0393. The van der Waals surface area contributed by atoms with Crippen LogP contribution in [-0.2, 0) is 4.79 Å². The van der Waals surface area contributed by atoms with Gasteiger partial charge in [0.2, 0.25) is 0 Å². The molecule has 108 valence electrons. The van der Waals surface area contributed by atoms with Gasteiger partial charge in [-0.15, -0.1) is 0 Å². The molecule has 0 aliphatic rings.